The number of carbonyl (C=O) groups is 2. The van der Waals surface area contributed by atoms with E-state index in [1.54, 1.807) is 31.2 Å². The third kappa shape index (κ3) is 5.16. The smallest absolute Gasteiger partial charge is 0.234 e. The lowest BCUT2D eigenvalue weighted by Gasteiger charge is -2.29. The van der Waals surface area contributed by atoms with Crippen molar-refractivity contribution in [3.63, 3.8) is 0 Å². The number of benzene rings is 2. The zero-order valence-electron chi connectivity index (χ0n) is 16.8. The lowest BCUT2D eigenvalue weighted by molar-refractivity contribution is -0.114. The average Bonchev–Trinajstić information content (AvgIpc) is 2.73. The Morgan fingerprint density at radius 3 is 2.52 bits per heavy atom. The molecule has 1 aliphatic heterocycles. The van der Waals surface area contributed by atoms with Gasteiger partial charge in [0.05, 0.1) is 28.3 Å². The highest BCUT2D eigenvalue weighted by Crippen LogP contribution is 2.42. The molecule has 0 radical (unpaired) electrons. The highest BCUT2D eigenvalue weighted by atomic mass is 35.5. The van der Waals surface area contributed by atoms with Crippen molar-refractivity contribution < 1.29 is 14.0 Å². The molecular formula is C23H19ClFN3O2S. The molecule has 0 saturated heterocycles. The lowest BCUT2D eigenvalue weighted by atomic mass is 9.81. The van der Waals surface area contributed by atoms with Crippen molar-refractivity contribution in [3.05, 3.63) is 86.8 Å². The van der Waals surface area contributed by atoms with Crippen LogP contribution < -0.4 is 10.6 Å². The predicted octanol–water partition coefficient (Wildman–Crippen LogP) is 5.14. The van der Waals surface area contributed by atoms with Crippen LogP contribution in [0.5, 0.6) is 0 Å². The van der Waals surface area contributed by atoms with Crippen molar-refractivity contribution in [2.45, 2.75) is 19.8 Å². The van der Waals surface area contributed by atoms with Gasteiger partial charge in [0.15, 0.2) is 5.78 Å². The maximum absolute atomic E-state index is 13.0. The molecule has 0 aromatic heterocycles. The molecule has 2 aromatic carbocycles. The van der Waals surface area contributed by atoms with Crippen LogP contribution in [0.3, 0.4) is 0 Å². The Balaban J connectivity index is 1.88. The number of nitrogens with zero attached hydrogens (tertiary/aromatic N) is 1. The minimum Gasteiger partial charge on any atom is -0.353 e. The second kappa shape index (κ2) is 9.82. The van der Waals surface area contributed by atoms with Gasteiger partial charge in [-0.05, 0) is 49.7 Å². The van der Waals surface area contributed by atoms with Gasteiger partial charge in [0.1, 0.15) is 5.82 Å². The van der Waals surface area contributed by atoms with Gasteiger partial charge in [-0.2, -0.15) is 5.26 Å². The summed E-state index contributed by atoms with van der Waals surface area (Å²) in [6.07, 6.45) is 0. The minimum absolute atomic E-state index is 0.0167. The molecule has 0 bridgehead atoms. The van der Waals surface area contributed by atoms with Crippen LogP contribution in [-0.2, 0) is 9.59 Å². The number of nitrogens with one attached hydrogen (secondary N) is 2. The van der Waals surface area contributed by atoms with E-state index in [9.17, 15) is 19.2 Å². The minimum atomic E-state index is -0.625. The molecule has 0 fully saturated rings. The molecule has 8 heteroatoms. The number of hydrogen-bond acceptors (Lipinski definition) is 5. The van der Waals surface area contributed by atoms with E-state index in [2.05, 4.69) is 16.7 Å². The van der Waals surface area contributed by atoms with Crippen molar-refractivity contribution in [1.29, 1.82) is 5.26 Å². The molecule has 31 heavy (non-hydrogen) atoms. The zero-order chi connectivity index (χ0) is 22.5. The molecule has 1 heterocycles. The van der Waals surface area contributed by atoms with E-state index in [4.69, 9.17) is 11.6 Å². The SMILES string of the molecule is CC(=O)C1=C(C)NC(SCC(=O)Nc2ccc(F)cc2)=C(C#N)C1c1ccccc1Cl. The molecule has 1 amide bonds. The fourth-order valence-corrected chi connectivity index (χ4v) is 4.52. The van der Waals surface area contributed by atoms with Crippen LogP contribution in [0.2, 0.25) is 5.02 Å². The highest BCUT2D eigenvalue weighted by molar-refractivity contribution is 8.03. The Morgan fingerprint density at radius 2 is 1.90 bits per heavy atom. The van der Waals surface area contributed by atoms with Gasteiger partial charge >= 0.3 is 0 Å². The van der Waals surface area contributed by atoms with Crippen molar-refractivity contribution in [1.82, 2.24) is 5.32 Å². The van der Waals surface area contributed by atoms with Crippen LogP contribution in [-0.4, -0.2) is 17.4 Å². The number of ketones is 1. The van der Waals surface area contributed by atoms with Gasteiger partial charge in [-0.1, -0.05) is 41.6 Å². The number of rotatable bonds is 6. The molecule has 158 valence electrons. The Kier molecular flexibility index (Phi) is 7.16. The molecule has 2 aromatic rings. The Bertz CT molecular complexity index is 1140. The van der Waals surface area contributed by atoms with Gasteiger partial charge in [-0.25, -0.2) is 4.39 Å². The number of hydrogen-bond donors (Lipinski definition) is 2. The van der Waals surface area contributed by atoms with Crippen molar-refractivity contribution in [3.8, 4) is 6.07 Å². The van der Waals surface area contributed by atoms with Gasteiger partial charge < -0.3 is 10.6 Å². The molecule has 1 atom stereocenters. The van der Waals surface area contributed by atoms with Crippen LogP contribution in [0.25, 0.3) is 0 Å². The number of dihydropyridines is 1. The lowest BCUT2D eigenvalue weighted by Crippen LogP contribution is -2.28. The molecule has 3 rings (SSSR count). The summed E-state index contributed by atoms with van der Waals surface area (Å²) in [5.74, 6) is -1.47. The fraction of sp³-hybridized carbons (Fsp3) is 0.174. The van der Waals surface area contributed by atoms with E-state index in [0.29, 0.717) is 38.1 Å². The summed E-state index contributed by atoms with van der Waals surface area (Å²) in [5.41, 5.74) is 2.52. The van der Waals surface area contributed by atoms with Crippen molar-refractivity contribution >= 4 is 40.7 Å². The van der Waals surface area contributed by atoms with Crippen LogP contribution in [0.15, 0.2) is 70.4 Å². The van der Waals surface area contributed by atoms with Crippen LogP contribution in [0.1, 0.15) is 25.3 Å². The maximum atomic E-state index is 13.0. The monoisotopic (exact) mass is 455 g/mol. The third-order valence-corrected chi connectivity index (χ3v) is 6.08. The van der Waals surface area contributed by atoms with E-state index in [1.165, 1.54) is 31.2 Å². The summed E-state index contributed by atoms with van der Waals surface area (Å²) < 4.78 is 13.0. The molecule has 1 unspecified atom stereocenters. The zero-order valence-corrected chi connectivity index (χ0v) is 18.4. The molecule has 5 nitrogen and oxygen atoms in total. The first kappa shape index (κ1) is 22.6. The van der Waals surface area contributed by atoms with Gasteiger partial charge in [0.25, 0.3) is 0 Å². The molecule has 1 aliphatic rings. The van der Waals surface area contributed by atoms with Crippen molar-refractivity contribution in [2.75, 3.05) is 11.1 Å². The Labute approximate surface area is 189 Å². The molecule has 0 spiro atoms. The number of nitriles is 1. The van der Waals surface area contributed by atoms with E-state index in [0.717, 1.165) is 11.8 Å². The molecular weight excluding hydrogens is 437 g/mol. The number of carbonyl (C=O) groups excluding carboxylic acids is 2. The first-order valence-corrected chi connectivity index (χ1v) is 10.7. The summed E-state index contributed by atoms with van der Waals surface area (Å²) in [7, 11) is 0. The second-order valence-electron chi connectivity index (χ2n) is 6.87. The first-order chi connectivity index (χ1) is 14.8. The number of amides is 1. The number of thioether (sulfide) groups is 1. The summed E-state index contributed by atoms with van der Waals surface area (Å²) in [6, 6.07) is 14.7. The first-order valence-electron chi connectivity index (χ1n) is 9.37. The van der Waals surface area contributed by atoms with Gasteiger partial charge in [-0.15, -0.1) is 0 Å². The van der Waals surface area contributed by atoms with E-state index >= 15 is 0 Å². The topological polar surface area (TPSA) is 82.0 Å². The number of allylic oxidation sites excluding steroid dienone is 3. The van der Waals surface area contributed by atoms with Gasteiger partial charge in [-0.3, -0.25) is 9.59 Å². The summed E-state index contributed by atoms with van der Waals surface area (Å²) in [5, 5.41) is 16.6. The number of Topliss-reactive ketones (excluding diaryl/α,β-unsaturated/α-hetero) is 1. The number of anilines is 1. The van der Waals surface area contributed by atoms with E-state index < -0.39 is 11.7 Å². The predicted molar refractivity (Wildman–Crippen MR) is 121 cm³/mol. The largest absolute Gasteiger partial charge is 0.353 e. The second-order valence-corrected chi connectivity index (χ2v) is 8.27. The third-order valence-electron chi connectivity index (χ3n) is 4.72. The summed E-state index contributed by atoms with van der Waals surface area (Å²) >= 11 is 7.54. The molecule has 0 saturated carbocycles. The maximum Gasteiger partial charge on any atom is 0.234 e. The van der Waals surface area contributed by atoms with Crippen LogP contribution >= 0.6 is 23.4 Å². The Hall–Kier alpha value is -3.08. The van der Waals surface area contributed by atoms with E-state index in [1.807, 2.05) is 0 Å². The van der Waals surface area contributed by atoms with Crippen LogP contribution in [0, 0.1) is 17.1 Å². The fourth-order valence-electron chi connectivity index (χ4n) is 3.38. The average molecular weight is 456 g/mol. The standard InChI is InChI=1S/C23H19ClFN3O2S/c1-13-21(14(2)29)22(17-5-3-4-6-19(17)24)18(11-26)23(27-13)31-12-20(30)28-16-9-7-15(25)8-10-16/h3-10,22,27H,12H2,1-2H3,(H,28,30). The van der Waals surface area contributed by atoms with Crippen LogP contribution in [0.4, 0.5) is 10.1 Å². The van der Waals surface area contributed by atoms with E-state index in [-0.39, 0.29) is 17.4 Å². The highest BCUT2D eigenvalue weighted by Gasteiger charge is 2.34. The van der Waals surface area contributed by atoms with Gasteiger partial charge in [0, 0.05) is 22.0 Å². The summed E-state index contributed by atoms with van der Waals surface area (Å²) in [4.78, 5) is 24.7. The Morgan fingerprint density at radius 1 is 1.23 bits per heavy atom. The normalized spacial score (nSPS) is 15.9. The molecule has 2 N–H and O–H groups in total. The molecule has 0 aliphatic carbocycles. The quantitative estimate of drug-likeness (QED) is 0.630. The van der Waals surface area contributed by atoms with Crippen molar-refractivity contribution in [2.24, 2.45) is 0 Å². The summed E-state index contributed by atoms with van der Waals surface area (Å²) in [6.45, 7) is 3.21. The number of halogens is 2. The van der Waals surface area contributed by atoms with Gasteiger partial charge in [0.2, 0.25) is 5.91 Å².